The van der Waals surface area contributed by atoms with Crippen molar-refractivity contribution in [2.45, 2.75) is 19.9 Å². The van der Waals surface area contributed by atoms with Gasteiger partial charge in [0.25, 0.3) is 0 Å². The van der Waals surface area contributed by atoms with Crippen LogP contribution in [-0.2, 0) is 6.54 Å². The van der Waals surface area contributed by atoms with E-state index in [-0.39, 0.29) is 0 Å². The zero-order valence-electron chi connectivity index (χ0n) is 11.0. The van der Waals surface area contributed by atoms with Crippen molar-refractivity contribution in [2.24, 2.45) is 0 Å². The van der Waals surface area contributed by atoms with Crippen LogP contribution >= 0.6 is 11.6 Å². The zero-order valence-corrected chi connectivity index (χ0v) is 11.7. The number of hydrogen-bond donors (Lipinski definition) is 1. The van der Waals surface area contributed by atoms with Crippen molar-refractivity contribution in [1.29, 1.82) is 0 Å². The van der Waals surface area contributed by atoms with Crippen LogP contribution in [0.15, 0.2) is 24.8 Å². The first kappa shape index (κ1) is 14.9. The maximum Gasteiger partial charge on any atom is 0.162 e. The molecule has 18 heavy (non-hydrogen) atoms. The normalized spacial score (nSPS) is 10.2. The summed E-state index contributed by atoms with van der Waals surface area (Å²) in [5.74, 6) is 1.40. The standard InChI is InChI=1S/C14H20ClNO2/c1-4-6-16-10-11-8-13(17-3)14(9-12(11)15)18-7-5-2/h4,8-9,16H,1,5-7,10H2,2-3H3. The van der Waals surface area contributed by atoms with Gasteiger partial charge in [0.05, 0.1) is 13.7 Å². The summed E-state index contributed by atoms with van der Waals surface area (Å²) in [7, 11) is 1.63. The van der Waals surface area contributed by atoms with Crippen molar-refractivity contribution in [1.82, 2.24) is 5.32 Å². The molecule has 1 rings (SSSR count). The molecule has 3 nitrogen and oxygen atoms in total. The molecule has 0 aliphatic carbocycles. The Kier molecular flexibility index (Phi) is 6.61. The Labute approximate surface area is 114 Å². The molecule has 0 saturated heterocycles. The Hall–Kier alpha value is -1.19. The predicted octanol–water partition coefficient (Wildman–Crippen LogP) is 3.41. The first-order valence-corrected chi connectivity index (χ1v) is 6.41. The molecule has 0 bridgehead atoms. The van der Waals surface area contributed by atoms with Crippen molar-refractivity contribution in [3.05, 3.63) is 35.4 Å². The van der Waals surface area contributed by atoms with Crippen LogP contribution in [0.25, 0.3) is 0 Å². The highest BCUT2D eigenvalue weighted by molar-refractivity contribution is 6.31. The monoisotopic (exact) mass is 269 g/mol. The molecule has 0 unspecified atom stereocenters. The van der Waals surface area contributed by atoms with E-state index in [9.17, 15) is 0 Å². The molecule has 0 radical (unpaired) electrons. The Morgan fingerprint density at radius 3 is 2.78 bits per heavy atom. The zero-order chi connectivity index (χ0) is 13.4. The molecular formula is C14H20ClNO2. The number of rotatable bonds is 8. The van der Waals surface area contributed by atoms with E-state index in [2.05, 4.69) is 18.8 Å². The quantitative estimate of drug-likeness (QED) is 0.579. The first-order chi connectivity index (χ1) is 8.72. The molecule has 0 saturated carbocycles. The lowest BCUT2D eigenvalue weighted by Crippen LogP contribution is -2.13. The van der Waals surface area contributed by atoms with Crippen LogP contribution in [0, 0.1) is 0 Å². The van der Waals surface area contributed by atoms with E-state index in [1.165, 1.54) is 0 Å². The van der Waals surface area contributed by atoms with Gasteiger partial charge >= 0.3 is 0 Å². The van der Waals surface area contributed by atoms with Crippen molar-refractivity contribution in [3.63, 3.8) is 0 Å². The van der Waals surface area contributed by atoms with E-state index in [1.807, 2.05) is 12.1 Å². The molecule has 0 aliphatic rings. The van der Waals surface area contributed by atoms with Gasteiger partial charge in [0, 0.05) is 24.2 Å². The Bertz CT molecular complexity index is 394. The molecule has 0 amide bonds. The molecule has 0 atom stereocenters. The molecule has 0 spiro atoms. The molecule has 100 valence electrons. The maximum absolute atomic E-state index is 6.21. The van der Waals surface area contributed by atoms with Gasteiger partial charge in [-0.15, -0.1) is 6.58 Å². The van der Waals surface area contributed by atoms with Crippen LogP contribution < -0.4 is 14.8 Å². The fourth-order valence-electron chi connectivity index (χ4n) is 1.51. The first-order valence-electron chi connectivity index (χ1n) is 6.03. The largest absolute Gasteiger partial charge is 0.493 e. The lowest BCUT2D eigenvalue weighted by atomic mass is 10.2. The summed E-state index contributed by atoms with van der Waals surface area (Å²) in [5.41, 5.74) is 0.985. The van der Waals surface area contributed by atoms with Gasteiger partial charge in [-0.3, -0.25) is 0 Å². The molecule has 0 heterocycles. The molecule has 0 aromatic heterocycles. The summed E-state index contributed by atoms with van der Waals surface area (Å²) in [4.78, 5) is 0. The second-order valence-electron chi connectivity index (χ2n) is 3.86. The number of hydrogen-bond acceptors (Lipinski definition) is 3. The Balaban J connectivity index is 2.84. The van der Waals surface area contributed by atoms with Gasteiger partial charge < -0.3 is 14.8 Å². The number of benzene rings is 1. The third kappa shape index (κ3) is 4.24. The number of methoxy groups -OCH3 is 1. The summed E-state index contributed by atoms with van der Waals surface area (Å²) < 4.78 is 10.9. The van der Waals surface area contributed by atoms with Gasteiger partial charge in [-0.2, -0.15) is 0 Å². The molecular weight excluding hydrogens is 250 g/mol. The van der Waals surface area contributed by atoms with Gasteiger partial charge in [0.15, 0.2) is 11.5 Å². The minimum absolute atomic E-state index is 0.654. The van der Waals surface area contributed by atoms with Gasteiger partial charge in [-0.05, 0) is 18.1 Å². The molecule has 1 N–H and O–H groups in total. The van der Waals surface area contributed by atoms with Crippen LogP contribution in [0.2, 0.25) is 5.02 Å². The lowest BCUT2D eigenvalue weighted by Gasteiger charge is -2.13. The van der Waals surface area contributed by atoms with Gasteiger partial charge in [-0.1, -0.05) is 24.6 Å². The van der Waals surface area contributed by atoms with E-state index >= 15 is 0 Å². The minimum atomic E-state index is 0.654. The third-order valence-electron chi connectivity index (χ3n) is 2.40. The van der Waals surface area contributed by atoms with Gasteiger partial charge in [-0.25, -0.2) is 0 Å². The summed E-state index contributed by atoms with van der Waals surface area (Å²) in [6.07, 6.45) is 2.76. The summed E-state index contributed by atoms with van der Waals surface area (Å²) in [6.45, 7) is 7.79. The SMILES string of the molecule is C=CCNCc1cc(OC)c(OCCC)cc1Cl. The molecule has 4 heteroatoms. The summed E-state index contributed by atoms with van der Waals surface area (Å²) in [5, 5.41) is 3.89. The molecule has 1 aromatic rings. The number of nitrogens with one attached hydrogen (secondary N) is 1. The highest BCUT2D eigenvalue weighted by Gasteiger charge is 2.10. The van der Waals surface area contributed by atoms with E-state index < -0.39 is 0 Å². The number of ether oxygens (including phenoxy) is 2. The van der Waals surface area contributed by atoms with Crippen LogP contribution in [0.5, 0.6) is 11.5 Å². The van der Waals surface area contributed by atoms with Crippen molar-refractivity contribution in [3.8, 4) is 11.5 Å². The lowest BCUT2D eigenvalue weighted by molar-refractivity contribution is 0.294. The van der Waals surface area contributed by atoms with E-state index in [4.69, 9.17) is 21.1 Å². The van der Waals surface area contributed by atoms with E-state index in [0.717, 1.165) is 18.5 Å². The van der Waals surface area contributed by atoms with E-state index in [0.29, 0.717) is 29.7 Å². The average molecular weight is 270 g/mol. The van der Waals surface area contributed by atoms with Crippen molar-refractivity contribution < 1.29 is 9.47 Å². The van der Waals surface area contributed by atoms with Crippen LogP contribution in [0.3, 0.4) is 0 Å². The highest BCUT2D eigenvalue weighted by Crippen LogP contribution is 2.33. The molecule has 1 aromatic carbocycles. The topological polar surface area (TPSA) is 30.5 Å². The minimum Gasteiger partial charge on any atom is -0.493 e. The maximum atomic E-state index is 6.21. The fourth-order valence-corrected chi connectivity index (χ4v) is 1.73. The fraction of sp³-hybridized carbons (Fsp3) is 0.429. The third-order valence-corrected chi connectivity index (χ3v) is 2.75. The van der Waals surface area contributed by atoms with Crippen LogP contribution in [0.1, 0.15) is 18.9 Å². The van der Waals surface area contributed by atoms with Crippen molar-refractivity contribution >= 4 is 11.6 Å². The van der Waals surface area contributed by atoms with Crippen LogP contribution in [-0.4, -0.2) is 20.3 Å². The Morgan fingerprint density at radius 1 is 1.39 bits per heavy atom. The molecule has 0 fully saturated rings. The summed E-state index contributed by atoms with van der Waals surface area (Å²) >= 11 is 6.21. The number of halogens is 1. The van der Waals surface area contributed by atoms with Gasteiger partial charge in [0.1, 0.15) is 0 Å². The summed E-state index contributed by atoms with van der Waals surface area (Å²) in [6, 6.07) is 3.71. The van der Waals surface area contributed by atoms with E-state index in [1.54, 1.807) is 13.2 Å². The van der Waals surface area contributed by atoms with Crippen LogP contribution in [0.4, 0.5) is 0 Å². The smallest absolute Gasteiger partial charge is 0.162 e. The molecule has 0 aliphatic heterocycles. The second kappa shape index (κ2) is 8.01. The van der Waals surface area contributed by atoms with Crippen molar-refractivity contribution in [2.75, 3.05) is 20.3 Å². The Morgan fingerprint density at radius 2 is 2.17 bits per heavy atom. The highest BCUT2D eigenvalue weighted by atomic mass is 35.5. The predicted molar refractivity (Wildman–Crippen MR) is 75.7 cm³/mol. The van der Waals surface area contributed by atoms with Gasteiger partial charge in [0.2, 0.25) is 0 Å². The second-order valence-corrected chi connectivity index (χ2v) is 4.27. The average Bonchev–Trinajstić information content (AvgIpc) is 2.38.